The standard InChI is InChI=1S/C23H25N3O2/c1-5-21-24-22(25-28-21)26(14-27)20-11-16(3)7-9-19(20)23(4)12-17-8-6-15(2)10-18(17)13-23/h6-11,14H,5,12-13H2,1-4H3. The fourth-order valence-electron chi connectivity index (χ4n) is 4.24. The molecule has 2 aromatic carbocycles. The summed E-state index contributed by atoms with van der Waals surface area (Å²) in [5.74, 6) is 0.805. The van der Waals surface area contributed by atoms with Crippen LogP contribution in [0, 0.1) is 13.8 Å². The van der Waals surface area contributed by atoms with Gasteiger partial charge < -0.3 is 4.52 Å². The van der Waals surface area contributed by atoms with Crippen molar-refractivity contribution in [2.24, 2.45) is 0 Å². The van der Waals surface area contributed by atoms with E-state index in [2.05, 4.69) is 54.3 Å². The lowest BCUT2D eigenvalue weighted by molar-refractivity contribution is -0.106. The third kappa shape index (κ3) is 3.11. The molecule has 0 radical (unpaired) electrons. The molecule has 1 aromatic heterocycles. The normalized spacial score (nSPS) is 18.1. The highest BCUT2D eigenvalue weighted by Crippen LogP contribution is 2.44. The molecule has 0 saturated carbocycles. The van der Waals surface area contributed by atoms with E-state index in [-0.39, 0.29) is 11.4 Å². The van der Waals surface area contributed by atoms with E-state index >= 15 is 0 Å². The zero-order valence-electron chi connectivity index (χ0n) is 16.8. The number of hydrogen-bond donors (Lipinski definition) is 0. The van der Waals surface area contributed by atoms with E-state index in [4.69, 9.17) is 4.52 Å². The highest BCUT2D eigenvalue weighted by molar-refractivity contribution is 5.85. The van der Waals surface area contributed by atoms with E-state index in [1.54, 1.807) is 0 Å². The number of nitrogens with zero attached hydrogens (tertiary/aromatic N) is 3. The van der Waals surface area contributed by atoms with Gasteiger partial charge in [0.05, 0.1) is 5.69 Å². The molecule has 5 heteroatoms. The Kier molecular flexibility index (Phi) is 4.53. The second kappa shape index (κ2) is 6.89. The Morgan fingerprint density at radius 2 is 1.82 bits per heavy atom. The zero-order valence-corrected chi connectivity index (χ0v) is 16.8. The summed E-state index contributed by atoms with van der Waals surface area (Å²) in [6, 6.07) is 13.0. The van der Waals surface area contributed by atoms with Crippen molar-refractivity contribution in [1.82, 2.24) is 10.1 Å². The van der Waals surface area contributed by atoms with Crippen LogP contribution in [0.25, 0.3) is 0 Å². The van der Waals surface area contributed by atoms with Crippen LogP contribution in [-0.4, -0.2) is 16.6 Å². The summed E-state index contributed by atoms with van der Waals surface area (Å²) in [6.07, 6.45) is 3.29. The molecule has 0 saturated heterocycles. The number of benzene rings is 2. The summed E-state index contributed by atoms with van der Waals surface area (Å²) in [5.41, 5.74) is 6.98. The Balaban J connectivity index is 1.80. The second-order valence-corrected chi connectivity index (χ2v) is 8.02. The molecule has 5 nitrogen and oxygen atoms in total. The molecule has 0 bridgehead atoms. The molecule has 28 heavy (non-hydrogen) atoms. The first-order valence-electron chi connectivity index (χ1n) is 9.70. The van der Waals surface area contributed by atoms with Crippen LogP contribution in [0.2, 0.25) is 0 Å². The predicted octanol–water partition coefficient (Wildman–Crippen LogP) is 4.60. The van der Waals surface area contributed by atoms with Gasteiger partial charge in [-0.3, -0.25) is 4.79 Å². The summed E-state index contributed by atoms with van der Waals surface area (Å²) in [7, 11) is 0. The number of hydrogen-bond acceptors (Lipinski definition) is 4. The number of aromatic nitrogens is 2. The maximum Gasteiger partial charge on any atom is 0.277 e. The van der Waals surface area contributed by atoms with E-state index in [9.17, 15) is 4.79 Å². The molecule has 0 fully saturated rings. The van der Waals surface area contributed by atoms with E-state index in [1.165, 1.54) is 21.6 Å². The topological polar surface area (TPSA) is 59.2 Å². The first-order chi connectivity index (χ1) is 13.4. The lowest BCUT2D eigenvalue weighted by atomic mass is 9.78. The molecule has 1 aliphatic carbocycles. The van der Waals surface area contributed by atoms with Gasteiger partial charge in [0.2, 0.25) is 12.3 Å². The number of anilines is 2. The SMILES string of the molecule is CCc1nc(N(C=O)c2cc(C)ccc2C2(C)Cc3ccc(C)cc3C2)no1. The maximum atomic E-state index is 12.1. The maximum absolute atomic E-state index is 12.1. The summed E-state index contributed by atoms with van der Waals surface area (Å²) < 4.78 is 5.24. The fraction of sp³-hybridized carbons (Fsp3) is 0.348. The van der Waals surface area contributed by atoms with Crippen molar-refractivity contribution in [2.75, 3.05) is 4.90 Å². The minimum atomic E-state index is -0.0995. The average molecular weight is 375 g/mol. The van der Waals surface area contributed by atoms with Gasteiger partial charge in [0.1, 0.15) is 0 Å². The van der Waals surface area contributed by atoms with Gasteiger partial charge in [-0.1, -0.05) is 49.7 Å². The van der Waals surface area contributed by atoms with Crippen LogP contribution in [0.15, 0.2) is 40.9 Å². The minimum absolute atomic E-state index is 0.0995. The molecule has 144 valence electrons. The van der Waals surface area contributed by atoms with Crippen LogP contribution in [-0.2, 0) is 29.5 Å². The van der Waals surface area contributed by atoms with Crippen LogP contribution in [0.5, 0.6) is 0 Å². The van der Waals surface area contributed by atoms with Gasteiger partial charge in [0.15, 0.2) is 0 Å². The Labute approximate surface area is 165 Å². The van der Waals surface area contributed by atoms with E-state index in [1.807, 2.05) is 19.9 Å². The summed E-state index contributed by atoms with van der Waals surface area (Å²) in [4.78, 5) is 17.9. The lowest BCUT2D eigenvalue weighted by Gasteiger charge is -2.29. The van der Waals surface area contributed by atoms with Crippen molar-refractivity contribution in [3.05, 3.63) is 70.1 Å². The zero-order chi connectivity index (χ0) is 19.9. The highest BCUT2D eigenvalue weighted by Gasteiger charge is 2.37. The number of carbonyl (C=O) groups excluding carboxylic acids is 1. The second-order valence-electron chi connectivity index (χ2n) is 8.02. The lowest BCUT2D eigenvalue weighted by Crippen LogP contribution is -2.27. The van der Waals surface area contributed by atoms with Gasteiger partial charge in [-0.2, -0.15) is 4.98 Å². The van der Waals surface area contributed by atoms with Gasteiger partial charge in [-0.25, -0.2) is 4.90 Å². The predicted molar refractivity (Wildman–Crippen MR) is 109 cm³/mol. The van der Waals surface area contributed by atoms with E-state index in [0.29, 0.717) is 12.3 Å². The molecule has 0 N–H and O–H groups in total. The third-order valence-corrected chi connectivity index (χ3v) is 5.67. The quantitative estimate of drug-likeness (QED) is 0.612. The van der Waals surface area contributed by atoms with Gasteiger partial charge in [0, 0.05) is 11.8 Å². The van der Waals surface area contributed by atoms with Crippen molar-refractivity contribution in [3.63, 3.8) is 0 Å². The number of rotatable bonds is 5. The molecule has 1 atom stereocenters. The van der Waals surface area contributed by atoms with Gasteiger partial charge >= 0.3 is 0 Å². The summed E-state index contributed by atoms with van der Waals surface area (Å²) >= 11 is 0. The van der Waals surface area contributed by atoms with Crippen molar-refractivity contribution in [3.8, 4) is 0 Å². The van der Waals surface area contributed by atoms with Crippen LogP contribution in [0.1, 0.15) is 47.6 Å². The Hall–Kier alpha value is -2.95. The molecule has 1 unspecified atom stereocenters. The van der Waals surface area contributed by atoms with Crippen LogP contribution in [0.4, 0.5) is 11.6 Å². The molecular formula is C23H25N3O2. The summed E-state index contributed by atoms with van der Waals surface area (Å²) in [6.45, 7) is 8.37. The molecular weight excluding hydrogens is 350 g/mol. The third-order valence-electron chi connectivity index (χ3n) is 5.67. The van der Waals surface area contributed by atoms with Crippen LogP contribution < -0.4 is 4.90 Å². The Bertz CT molecular complexity index is 1040. The van der Waals surface area contributed by atoms with Gasteiger partial charge in [-0.05, 0) is 60.2 Å². The molecule has 0 aliphatic heterocycles. The van der Waals surface area contributed by atoms with Crippen molar-refractivity contribution in [2.45, 2.75) is 52.4 Å². The number of carbonyl (C=O) groups is 1. The first kappa shape index (κ1) is 18.4. The first-order valence-corrected chi connectivity index (χ1v) is 9.70. The monoisotopic (exact) mass is 375 g/mol. The van der Waals surface area contributed by atoms with Gasteiger partial charge in [0.25, 0.3) is 5.95 Å². The smallest absolute Gasteiger partial charge is 0.277 e. The van der Waals surface area contributed by atoms with E-state index in [0.717, 1.165) is 36.1 Å². The summed E-state index contributed by atoms with van der Waals surface area (Å²) in [5, 5.41) is 4.01. The number of aryl methyl sites for hydroxylation is 3. The van der Waals surface area contributed by atoms with E-state index < -0.39 is 0 Å². The number of amides is 1. The number of fused-ring (bicyclic) bond motifs is 1. The van der Waals surface area contributed by atoms with Crippen molar-refractivity contribution in [1.29, 1.82) is 0 Å². The fourth-order valence-corrected chi connectivity index (χ4v) is 4.24. The molecule has 1 heterocycles. The van der Waals surface area contributed by atoms with Crippen molar-refractivity contribution >= 4 is 18.0 Å². The molecule has 0 spiro atoms. The molecule has 4 rings (SSSR count). The van der Waals surface area contributed by atoms with Crippen LogP contribution in [0.3, 0.4) is 0 Å². The molecule has 3 aromatic rings. The Morgan fingerprint density at radius 3 is 2.54 bits per heavy atom. The largest absolute Gasteiger partial charge is 0.337 e. The van der Waals surface area contributed by atoms with Crippen LogP contribution >= 0.6 is 0 Å². The van der Waals surface area contributed by atoms with Gasteiger partial charge in [-0.15, -0.1) is 0 Å². The van der Waals surface area contributed by atoms with Crippen molar-refractivity contribution < 1.29 is 9.32 Å². The average Bonchev–Trinajstić information content (AvgIpc) is 3.26. The Morgan fingerprint density at radius 1 is 1.11 bits per heavy atom. The minimum Gasteiger partial charge on any atom is -0.337 e. The molecule has 1 aliphatic rings. The molecule has 1 amide bonds. The highest BCUT2D eigenvalue weighted by atomic mass is 16.5.